The average Bonchev–Trinajstić information content (AvgIpc) is 2.83. The lowest BCUT2D eigenvalue weighted by Crippen LogP contribution is -2.23. The van der Waals surface area contributed by atoms with Crippen LogP contribution in [0.15, 0.2) is 41.7 Å². The molecule has 1 heterocycles. The van der Waals surface area contributed by atoms with Gasteiger partial charge in [0.2, 0.25) is 0 Å². The zero-order chi connectivity index (χ0) is 14.4. The number of para-hydroxylation sites is 1. The third-order valence-corrected chi connectivity index (χ3v) is 3.06. The van der Waals surface area contributed by atoms with E-state index in [-0.39, 0.29) is 0 Å². The van der Waals surface area contributed by atoms with Gasteiger partial charge in [-0.15, -0.1) is 0 Å². The van der Waals surface area contributed by atoms with E-state index in [1.807, 2.05) is 42.2 Å². The van der Waals surface area contributed by atoms with Crippen LogP contribution in [0.2, 0.25) is 5.02 Å². The molecule has 2 rings (SSSR count). The quantitative estimate of drug-likeness (QED) is 0.505. The first kappa shape index (κ1) is 14.4. The molecule has 106 valence electrons. The Balaban J connectivity index is 1.78. The van der Waals surface area contributed by atoms with Crippen molar-refractivity contribution in [3.63, 3.8) is 0 Å². The van der Waals surface area contributed by atoms with E-state index in [2.05, 4.69) is 15.4 Å². The normalized spacial score (nSPS) is 11.6. The molecule has 3 N–H and O–H groups in total. The molecule has 0 saturated carbocycles. The van der Waals surface area contributed by atoms with Crippen LogP contribution < -0.4 is 11.1 Å². The second-order valence-electron chi connectivity index (χ2n) is 4.51. The standard InChI is InChI=1S/C14H18ClN5/c1-11-9-18-20(10-11)8-4-7-17-14(16)19-13-6-3-2-5-12(13)15/h2-3,5-6,9-10H,4,7-8H2,1H3,(H3,16,17,19). The molecule has 5 nitrogen and oxygen atoms in total. The SMILES string of the molecule is Cc1cnn(CCCN=C(N)Nc2ccccc2Cl)c1. The Bertz CT molecular complexity index is 591. The number of rotatable bonds is 5. The molecule has 0 amide bonds. The molecule has 0 bridgehead atoms. The maximum atomic E-state index is 6.03. The fourth-order valence-corrected chi connectivity index (χ4v) is 1.94. The number of hydrogen-bond acceptors (Lipinski definition) is 2. The van der Waals surface area contributed by atoms with E-state index in [9.17, 15) is 0 Å². The molecule has 0 saturated heterocycles. The topological polar surface area (TPSA) is 68.2 Å². The molecular formula is C14H18ClN5. The number of anilines is 1. The molecule has 0 unspecified atom stereocenters. The van der Waals surface area contributed by atoms with Gasteiger partial charge in [-0.05, 0) is 31.0 Å². The zero-order valence-electron chi connectivity index (χ0n) is 11.4. The molecule has 20 heavy (non-hydrogen) atoms. The van der Waals surface area contributed by atoms with E-state index in [0.29, 0.717) is 17.5 Å². The number of aliphatic imine (C=N–C) groups is 1. The van der Waals surface area contributed by atoms with Crippen LogP contribution in [0.3, 0.4) is 0 Å². The third-order valence-electron chi connectivity index (χ3n) is 2.73. The summed E-state index contributed by atoms with van der Waals surface area (Å²) in [5.74, 6) is 0.370. The van der Waals surface area contributed by atoms with E-state index >= 15 is 0 Å². The first-order valence-corrected chi connectivity index (χ1v) is 6.83. The maximum absolute atomic E-state index is 6.03. The fourth-order valence-electron chi connectivity index (χ4n) is 1.76. The number of aryl methyl sites for hydroxylation is 2. The Morgan fingerprint density at radius 2 is 2.25 bits per heavy atom. The van der Waals surface area contributed by atoms with Gasteiger partial charge in [-0.2, -0.15) is 5.10 Å². The summed E-state index contributed by atoms with van der Waals surface area (Å²) in [6.07, 6.45) is 4.73. The Labute approximate surface area is 123 Å². The predicted octanol–water partition coefficient (Wildman–Crippen LogP) is 2.66. The summed E-state index contributed by atoms with van der Waals surface area (Å²) in [5.41, 5.74) is 7.74. The van der Waals surface area contributed by atoms with Gasteiger partial charge in [0.15, 0.2) is 5.96 Å². The summed E-state index contributed by atoms with van der Waals surface area (Å²) in [5, 5.41) is 7.82. The van der Waals surface area contributed by atoms with Crippen LogP contribution in [0.1, 0.15) is 12.0 Å². The molecule has 1 aromatic carbocycles. The highest BCUT2D eigenvalue weighted by atomic mass is 35.5. The second kappa shape index (κ2) is 6.96. The van der Waals surface area contributed by atoms with Gasteiger partial charge in [0, 0.05) is 19.3 Å². The van der Waals surface area contributed by atoms with Crippen molar-refractivity contribution in [3.8, 4) is 0 Å². The number of aromatic nitrogens is 2. The lowest BCUT2D eigenvalue weighted by molar-refractivity contribution is 0.585. The average molecular weight is 292 g/mol. The van der Waals surface area contributed by atoms with Gasteiger partial charge in [-0.3, -0.25) is 9.67 Å². The van der Waals surface area contributed by atoms with Crippen molar-refractivity contribution in [1.29, 1.82) is 0 Å². The molecule has 0 aliphatic rings. The molecule has 1 aromatic heterocycles. The van der Waals surface area contributed by atoms with Crippen molar-refractivity contribution in [1.82, 2.24) is 9.78 Å². The van der Waals surface area contributed by atoms with Gasteiger partial charge >= 0.3 is 0 Å². The first-order chi connectivity index (χ1) is 9.65. The van der Waals surface area contributed by atoms with Crippen molar-refractivity contribution in [2.45, 2.75) is 19.9 Å². The van der Waals surface area contributed by atoms with Crippen molar-refractivity contribution < 1.29 is 0 Å². The summed E-state index contributed by atoms with van der Waals surface area (Å²) < 4.78 is 1.91. The van der Waals surface area contributed by atoms with Crippen LogP contribution in [0.5, 0.6) is 0 Å². The summed E-state index contributed by atoms with van der Waals surface area (Å²) in [4.78, 5) is 4.27. The number of nitrogens with one attached hydrogen (secondary N) is 1. The monoisotopic (exact) mass is 291 g/mol. The number of guanidine groups is 1. The highest BCUT2D eigenvalue weighted by Gasteiger charge is 1.99. The van der Waals surface area contributed by atoms with E-state index in [0.717, 1.165) is 24.2 Å². The number of nitrogens with zero attached hydrogens (tertiary/aromatic N) is 3. The van der Waals surface area contributed by atoms with Gasteiger partial charge in [0.25, 0.3) is 0 Å². The predicted molar refractivity (Wildman–Crippen MR) is 83.1 cm³/mol. The van der Waals surface area contributed by atoms with Crippen molar-refractivity contribution in [2.24, 2.45) is 10.7 Å². The molecule has 0 aliphatic carbocycles. The lowest BCUT2D eigenvalue weighted by atomic mass is 10.3. The summed E-state index contributed by atoms with van der Waals surface area (Å²) >= 11 is 6.03. The van der Waals surface area contributed by atoms with E-state index < -0.39 is 0 Å². The Hall–Kier alpha value is -2.01. The number of benzene rings is 1. The third kappa shape index (κ3) is 4.28. The van der Waals surface area contributed by atoms with Crippen LogP contribution in [0.4, 0.5) is 5.69 Å². The Morgan fingerprint density at radius 3 is 2.95 bits per heavy atom. The van der Waals surface area contributed by atoms with Gasteiger partial charge in [0.1, 0.15) is 0 Å². The molecule has 0 fully saturated rings. The van der Waals surface area contributed by atoms with Crippen LogP contribution in [0.25, 0.3) is 0 Å². The lowest BCUT2D eigenvalue weighted by Gasteiger charge is -2.07. The molecule has 0 atom stereocenters. The van der Waals surface area contributed by atoms with Crippen molar-refractivity contribution in [3.05, 3.63) is 47.2 Å². The van der Waals surface area contributed by atoms with Crippen molar-refractivity contribution in [2.75, 3.05) is 11.9 Å². The number of halogens is 1. The minimum absolute atomic E-state index is 0.370. The van der Waals surface area contributed by atoms with Crippen LogP contribution in [-0.2, 0) is 6.54 Å². The molecular weight excluding hydrogens is 274 g/mol. The maximum Gasteiger partial charge on any atom is 0.193 e. The van der Waals surface area contributed by atoms with Crippen LogP contribution in [-0.4, -0.2) is 22.3 Å². The van der Waals surface area contributed by atoms with Gasteiger partial charge in [-0.1, -0.05) is 23.7 Å². The van der Waals surface area contributed by atoms with Gasteiger partial charge < -0.3 is 11.1 Å². The molecule has 6 heteroatoms. The minimum Gasteiger partial charge on any atom is -0.370 e. The first-order valence-electron chi connectivity index (χ1n) is 6.45. The van der Waals surface area contributed by atoms with E-state index in [1.54, 1.807) is 6.07 Å². The Kier molecular flexibility index (Phi) is 5.01. The van der Waals surface area contributed by atoms with Gasteiger partial charge in [-0.25, -0.2) is 0 Å². The minimum atomic E-state index is 0.370. The molecule has 0 radical (unpaired) electrons. The van der Waals surface area contributed by atoms with Crippen LogP contribution >= 0.6 is 11.6 Å². The van der Waals surface area contributed by atoms with E-state index in [4.69, 9.17) is 17.3 Å². The fraction of sp³-hybridized carbons (Fsp3) is 0.286. The van der Waals surface area contributed by atoms with E-state index in [1.165, 1.54) is 0 Å². The van der Waals surface area contributed by atoms with Gasteiger partial charge in [0.05, 0.1) is 16.9 Å². The summed E-state index contributed by atoms with van der Waals surface area (Å²) in [6.45, 7) is 3.49. The molecule has 2 aromatic rings. The van der Waals surface area contributed by atoms with Crippen molar-refractivity contribution >= 4 is 23.2 Å². The summed E-state index contributed by atoms with van der Waals surface area (Å²) in [6, 6.07) is 7.42. The highest BCUT2D eigenvalue weighted by molar-refractivity contribution is 6.33. The highest BCUT2D eigenvalue weighted by Crippen LogP contribution is 2.19. The Morgan fingerprint density at radius 1 is 1.45 bits per heavy atom. The molecule has 0 spiro atoms. The summed E-state index contributed by atoms with van der Waals surface area (Å²) in [7, 11) is 0. The number of nitrogens with two attached hydrogens (primary N) is 1. The largest absolute Gasteiger partial charge is 0.370 e. The number of hydrogen-bond donors (Lipinski definition) is 2. The zero-order valence-corrected chi connectivity index (χ0v) is 12.1. The smallest absolute Gasteiger partial charge is 0.193 e. The second-order valence-corrected chi connectivity index (χ2v) is 4.91. The van der Waals surface area contributed by atoms with Crippen LogP contribution in [0, 0.1) is 6.92 Å². The molecule has 0 aliphatic heterocycles.